The van der Waals surface area contributed by atoms with Crippen LogP contribution in [0.1, 0.15) is 24.8 Å². The molecule has 27 heavy (non-hydrogen) atoms. The lowest BCUT2D eigenvalue weighted by Crippen LogP contribution is -2.38. The van der Waals surface area contributed by atoms with Gasteiger partial charge in [0, 0.05) is 39.3 Å². The number of piperidine rings is 1. The van der Waals surface area contributed by atoms with Gasteiger partial charge < -0.3 is 30.3 Å². The summed E-state index contributed by atoms with van der Waals surface area (Å²) in [6, 6.07) is 7.97. The summed E-state index contributed by atoms with van der Waals surface area (Å²) in [6.07, 6.45) is 3.31. The van der Waals surface area contributed by atoms with Gasteiger partial charge in [-0.15, -0.1) is 0 Å². The van der Waals surface area contributed by atoms with E-state index in [1.807, 2.05) is 29.2 Å². The van der Waals surface area contributed by atoms with Gasteiger partial charge in [-0.1, -0.05) is 18.6 Å². The van der Waals surface area contributed by atoms with Crippen LogP contribution in [0.5, 0.6) is 5.75 Å². The van der Waals surface area contributed by atoms with Crippen LogP contribution in [-0.2, 0) is 6.54 Å². The summed E-state index contributed by atoms with van der Waals surface area (Å²) < 4.78 is 5.72. The monoisotopic (exact) mass is 376 g/mol. The molecule has 150 valence electrons. The number of aliphatic hydroxyl groups is 1. The first-order chi connectivity index (χ1) is 13.2. The Balaban J connectivity index is 1.30. The lowest BCUT2D eigenvalue weighted by molar-refractivity contribution is 0.0617. The SMILES string of the molecule is O=C1NCCN1CCNCc1ccc(OC[C@@H](O)CN2CCCCC2)cc1. The molecule has 1 aromatic carbocycles. The van der Waals surface area contributed by atoms with E-state index >= 15 is 0 Å². The van der Waals surface area contributed by atoms with E-state index in [1.54, 1.807) is 0 Å². The first-order valence-corrected chi connectivity index (χ1v) is 10.1. The average Bonchev–Trinajstić information content (AvgIpc) is 3.10. The Labute approximate surface area is 161 Å². The van der Waals surface area contributed by atoms with E-state index in [4.69, 9.17) is 4.74 Å². The van der Waals surface area contributed by atoms with E-state index in [9.17, 15) is 9.90 Å². The molecular formula is C20H32N4O3. The highest BCUT2D eigenvalue weighted by Crippen LogP contribution is 2.13. The summed E-state index contributed by atoms with van der Waals surface area (Å²) in [5, 5.41) is 16.3. The number of benzene rings is 1. The van der Waals surface area contributed by atoms with Crippen LogP contribution >= 0.6 is 0 Å². The first kappa shape index (κ1) is 19.9. The van der Waals surface area contributed by atoms with Gasteiger partial charge in [0.2, 0.25) is 0 Å². The molecule has 0 aliphatic carbocycles. The van der Waals surface area contributed by atoms with Gasteiger partial charge in [0.1, 0.15) is 18.5 Å². The Bertz CT molecular complexity index is 575. The Morgan fingerprint density at radius 3 is 2.63 bits per heavy atom. The second-order valence-electron chi connectivity index (χ2n) is 7.37. The smallest absolute Gasteiger partial charge is 0.317 e. The van der Waals surface area contributed by atoms with Gasteiger partial charge in [-0.3, -0.25) is 0 Å². The molecular weight excluding hydrogens is 344 g/mol. The van der Waals surface area contributed by atoms with Crippen molar-refractivity contribution in [3.05, 3.63) is 29.8 Å². The van der Waals surface area contributed by atoms with Gasteiger partial charge in [-0.2, -0.15) is 0 Å². The van der Waals surface area contributed by atoms with Gasteiger partial charge in [0.15, 0.2) is 0 Å². The minimum Gasteiger partial charge on any atom is -0.491 e. The molecule has 2 aliphatic rings. The molecule has 2 fully saturated rings. The maximum Gasteiger partial charge on any atom is 0.317 e. The van der Waals surface area contributed by atoms with Crippen LogP contribution in [0.3, 0.4) is 0 Å². The number of β-amino-alcohol motifs (C(OH)–C–C–N with tert-alkyl or cyclic N) is 1. The molecule has 3 rings (SSSR count). The van der Waals surface area contributed by atoms with Crippen LogP contribution in [0.4, 0.5) is 4.79 Å². The largest absolute Gasteiger partial charge is 0.491 e. The molecule has 2 amide bonds. The fourth-order valence-corrected chi connectivity index (χ4v) is 3.56. The minimum atomic E-state index is -0.452. The maximum atomic E-state index is 11.4. The summed E-state index contributed by atoms with van der Waals surface area (Å²) >= 11 is 0. The van der Waals surface area contributed by atoms with Crippen molar-refractivity contribution in [2.75, 3.05) is 52.4 Å². The number of likely N-dealkylation sites (tertiary alicyclic amines) is 1. The van der Waals surface area contributed by atoms with Crippen molar-refractivity contribution < 1.29 is 14.6 Å². The summed E-state index contributed by atoms with van der Waals surface area (Å²) in [5.41, 5.74) is 1.17. The molecule has 0 unspecified atom stereocenters. The third-order valence-electron chi connectivity index (χ3n) is 5.12. The van der Waals surface area contributed by atoms with Crippen LogP contribution < -0.4 is 15.4 Å². The summed E-state index contributed by atoms with van der Waals surface area (Å²) in [6.45, 7) is 6.97. The van der Waals surface area contributed by atoms with Gasteiger partial charge in [0.25, 0.3) is 0 Å². The quantitative estimate of drug-likeness (QED) is 0.532. The number of nitrogens with one attached hydrogen (secondary N) is 2. The van der Waals surface area contributed by atoms with Gasteiger partial charge in [-0.05, 0) is 43.6 Å². The van der Waals surface area contributed by atoms with Crippen LogP contribution in [0.2, 0.25) is 0 Å². The molecule has 7 heteroatoms. The second-order valence-corrected chi connectivity index (χ2v) is 7.37. The lowest BCUT2D eigenvalue weighted by Gasteiger charge is -2.28. The third kappa shape index (κ3) is 6.68. The highest BCUT2D eigenvalue weighted by molar-refractivity contribution is 5.76. The summed E-state index contributed by atoms with van der Waals surface area (Å²) in [4.78, 5) is 15.6. The lowest BCUT2D eigenvalue weighted by atomic mass is 10.1. The van der Waals surface area contributed by atoms with Gasteiger partial charge in [0.05, 0.1) is 0 Å². The van der Waals surface area contributed by atoms with E-state index in [2.05, 4.69) is 15.5 Å². The molecule has 2 heterocycles. The predicted molar refractivity (Wildman–Crippen MR) is 105 cm³/mol. The number of aliphatic hydroxyl groups excluding tert-OH is 1. The topological polar surface area (TPSA) is 77.1 Å². The highest BCUT2D eigenvalue weighted by atomic mass is 16.5. The molecule has 7 nitrogen and oxygen atoms in total. The predicted octanol–water partition coefficient (Wildman–Crippen LogP) is 1.03. The number of hydrogen-bond donors (Lipinski definition) is 3. The number of rotatable bonds is 10. The Hall–Kier alpha value is -1.83. The zero-order valence-corrected chi connectivity index (χ0v) is 16.0. The normalized spacial score (nSPS) is 19.1. The van der Waals surface area contributed by atoms with Crippen LogP contribution in [0, 0.1) is 0 Å². The van der Waals surface area contributed by atoms with Crippen LogP contribution in [0.25, 0.3) is 0 Å². The van der Waals surface area contributed by atoms with Crippen LogP contribution in [0.15, 0.2) is 24.3 Å². The fraction of sp³-hybridized carbons (Fsp3) is 0.650. The minimum absolute atomic E-state index is 0.0285. The number of carbonyl (C=O) groups is 1. The highest BCUT2D eigenvalue weighted by Gasteiger charge is 2.18. The van der Waals surface area contributed by atoms with Gasteiger partial charge in [-0.25, -0.2) is 4.79 Å². The standard InChI is InChI=1S/C20H32N4O3/c25-18(15-23-10-2-1-3-11-23)16-27-19-6-4-17(5-7-19)14-21-8-12-24-13-9-22-20(24)26/h4-7,18,21,25H,1-3,8-16H2,(H,22,26)/t18-/m0/s1. The molecule has 3 N–H and O–H groups in total. The van der Waals surface area contributed by atoms with E-state index < -0.39 is 6.10 Å². The molecule has 1 aromatic rings. The van der Waals surface area contributed by atoms with Crippen molar-refractivity contribution in [3.8, 4) is 5.75 Å². The molecule has 0 aromatic heterocycles. The van der Waals surface area contributed by atoms with Crippen LogP contribution in [-0.4, -0.2) is 79.5 Å². The van der Waals surface area contributed by atoms with Crippen molar-refractivity contribution in [1.82, 2.24) is 20.4 Å². The number of nitrogens with zero attached hydrogens (tertiary/aromatic N) is 2. The number of carbonyl (C=O) groups excluding carboxylic acids is 1. The molecule has 0 bridgehead atoms. The zero-order chi connectivity index (χ0) is 18.9. The molecule has 0 radical (unpaired) electrons. The van der Waals surface area contributed by atoms with E-state index in [-0.39, 0.29) is 6.03 Å². The van der Waals surface area contributed by atoms with E-state index in [0.717, 1.165) is 51.6 Å². The molecule has 2 aliphatic heterocycles. The molecule has 1 atom stereocenters. The Morgan fingerprint density at radius 2 is 1.93 bits per heavy atom. The average molecular weight is 377 g/mol. The zero-order valence-electron chi connectivity index (χ0n) is 16.0. The summed E-state index contributed by atoms with van der Waals surface area (Å²) in [5.74, 6) is 0.783. The molecule has 0 saturated carbocycles. The first-order valence-electron chi connectivity index (χ1n) is 10.1. The second kappa shape index (κ2) is 10.5. The molecule has 2 saturated heterocycles. The fourth-order valence-electron chi connectivity index (χ4n) is 3.56. The third-order valence-corrected chi connectivity index (χ3v) is 5.12. The molecule has 0 spiro atoms. The summed E-state index contributed by atoms with van der Waals surface area (Å²) in [7, 11) is 0. The number of hydrogen-bond acceptors (Lipinski definition) is 5. The number of ether oxygens (including phenoxy) is 1. The van der Waals surface area contributed by atoms with Crippen molar-refractivity contribution in [2.45, 2.75) is 31.9 Å². The Morgan fingerprint density at radius 1 is 1.15 bits per heavy atom. The van der Waals surface area contributed by atoms with E-state index in [1.165, 1.54) is 24.8 Å². The van der Waals surface area contributed by atoms with Gasteiger partial charge >= 0.3 is 6.03 Å². The Kier molecular flexibility index (Phi) is 7.74. The number of urea groups is 1. The maximum absolute atomic E-state index is 11.4. The van der Waals surface area contributed by atoms with E-state index in [0.29, 0.717) is 13.2 Å². The van der Waals surface area contributed by atoms with Crippen molar-refractivity contribution in [2.24, 2.45) is 0 Å². The van der Waals surface area contributed by atoms with Crippen molar-refractivity contribution in [3.63, 3.8) is 0 Å². The van der Waals surface area contributed by atoms with Crippen molar-refractivity contribution in [1.29, 1.82) is 0 Å². The number of amides is 2. The van der Waals surface area contributed by atoms with Crippen molar-refractivity contribution >= 4 is 6.03 Å².